The van der Waals surface area contributed by atoms with Crippen molar-refractivity contribution in [2.24, 2.45) is 17.1 Å². The average Bonchev–Trinajstić information content (AvgIpc) is 2.41. The number of carbonyl (C=O) groups is 1. The molecule has 0 aromatic heterocycles. The Kier molecular flexibility index (Phi) is 6.63. The molecule has 0 heterocycles. The van der Waals surface area contributed by atoms with E-state index in [9.17, 15) is 4.79 Å². The molecule has 1 aliphatic carbocycles. The normalized spacial score (nSPS) is 27.5. The summed E-state index contributed by atoms with van der Waals surface area (Å²) in [5.41, 5.74) is 5.11. The Bertz CT molecular complexity index is 344. The lowest BCUT2D eigenvalue weighted by Crippen LogP contribution is -2.75. The number of rotatable bonds is 9. The highest BCUT2D eigenvalue weighted by molar-refractivity contribution is 5.88. The summed E-state index contributed by atoms with van der Waals surface area (Å²) in [5.74, 6) is 0.536. The van der Waals surface area contributed by atoms with Crippen LogP contribution in [-0.2, 0) is 14.3 Å². The molecule has 0 saturated heterocycles. The van der Waals surface area contributed by atoms with Gasteiger partial charge in [-0.25, -0.2) is 0 Å². The Balaban J connectivity index is 2.29. The molecule has 0 radical (unpaired) electrons. The van der Waals surface area contributed by atoms with E-state index in [4.69, 9.17) is 15.2 Å². The maximum atomic E-state index is 12.3. The molecule has 0 spiro atoms. The van der Waals surface area contributed by atoms with Gasteiger partial charge in [0.2, 0.25) is 5.91 Å². The van der Waals surface area contributed by atoms with Crippen molar-refractivity contribution in [3.63, 3.8) is 0 Å². The predicted octanol–water partition coefficient (Wildman–Crippen LogP) is 1.70. The second kappa shape index (κ2) is 7.56. The molecule has 3 N–H and O–H groups in total. The van der Waals surface area contributed by atoms with Gasteiger partial charge in [0.15, 0.2) is 0 Å². The van der Waals surface area contributed by atoms with Crippen molar-refractivity contribution in [1.29, 1.82) is 0 Å². The van der Waals surface area contributed by atoms with Gasteiger partial charge in [0.05, 0.1) is 12.7 Å². The third kappa shape index (κ3) is 4.18. The molecule has 21 heavy (non-hydrogen) atoms. The van der Waals surface area contributed by atoms with E-state index in [1.165, 1.54) is 0 Å². The lowest BCUT2D eigenvalue weighted by atomic mass is 9.54. The summed E-state index contributed by atoms with van der Waals surface area (Å²) in [7, 11) is 0. The number of nitrogens with one attached hydrogen (secondary N) is 1. The van der Waals surface area contributed by atoms with Gasteiger partial charge in [0.25, 0.3) is 0 Å². The fourth-order valence-corrected chi connectivity index (χ4v) is 2.64. The van der Waals surface area contributed by atoms with E-state index in [0.29, 0.717) is 32.1 Å². The summed E-state index contributed by atoms with van der Waals surface area (Å²) in [4.78, 5) is 12.3. The van der Waals surface area contributed by atoms with Crippen LogP contribution in [0.15, 0.2) is 0 Å². The van der Waals surface area contributed by atoms with E-state index in [1.807, 2.05) is 20.8 Å². The van der Waals surface area contributed by atoms with Crippen molar-refractivity contribution in [2.75, 3.05) is 26.4 Å². The lowest BCUT2D eigenvalue weighted by molar-refractivity contribution is -0.170. The molecule has 1 saturated carbocycles. The molecule has 0 bridgehead atoms. The Labute approximate surface area is 128 Å². The number of hydrogen-bond acceptors (Lipinski definition) is 4. The molecule has 124 valence electrons. The van der Waals surface area contributed by atoms with Crippen LogP contribution in [0.2, 0.25) is 0 Å². The number of hydrogen-bond donors (Lipinski definition) is 2. The SMILES string of the molecule is CCOC1CC(N)(C(=O)NCCOCCC(C)C)C1(C)C. The number of nitrogens with two attached hydrogens (primary N) is 1. The van der Waals surface area contributed by atoms with Crippen molar-refractivity contribution < 1.29 is 14.3 Å². The lowest BCUT2D eigenvalue weighted by Gasteiger charge is -2.57. The van der Waals surface area contributed by atoms with Gasteiger partial charge in [-0.15, -0.1) is 0 Å². The summed E-state index contributed by atoms with van der Waals surface area (Å²) in [5, 5.41) is 2.89. The van der Waals surface area contributed by atoms with Crippen molar-refractivity contribution in [3.05, 3.63) is 0 Å². The molecule has 2 unspecified atom stereocenters. The molecule has 5 nitrogen and oxygen atoms in total. The summed E-state index contributed by atoms with van der Waals surface area (Å²) in [6.45, 7) is 12.7. The van der Waals surface area contributed by atoms with Crippen LogP contribution in [0.1, 0.15) is 47.5 Å². The molecule has 0 aliphatic heterocycles. The largest absolute Gasteiger partial charge is 0.380 e. The second-order valence-corrected chi connectivity index (χ2v) is 6.89. The van der Waals surface area contributed by atoms with Crippen LogP contribution in [0.5, 0.6) is 0 Å². The van der Waals surface area contributed by atoms with Crippen LogP contribution in [0.3, 0.4) is 0 Å². The standard InChI is InChI=1S/C16H32N2O3/c1-6-21-13-11-16(17,15(13,4)5)14(19)18-8-10-20-9-7-12(2)3/h12-13H,6-11,17H2,1-5H3,(H,18,19). The highest BCUT2D eigenvalue weighted by Gasteiger charge is 2.62. The minimum atomic E-state index is -0.842. The Morgan fingerprint density at radius 3 is 2.57 bits per heavy atom. The Morgan fingerprint density at radius 2 is 2.05 bits per heavy atom. The minimum absolute atomic E-state index is 0.0561. The van der Waals surface area contributed by atoms with Gasteiger partial charge in [-0.05, 0) is 19.3 Å². The quantitative estimate of drug-likeness (QED) is 0.636. The van der Waals surface area contributed by atoms with Gasteiger partial charge in [0.1, 0.15) is 5.54 Å². The van der Waals surface area contributed by atoms with E-state index in [1.54, 1.807) is 0 Å². The zero-order chi connectivity index (χ0) is 16.1. The van der Waals surface area contributed by atoms with E-state index in [2.05, 4.69) is 19.2 Å². The van der Waals surface area contributed by atoms with Gasteiger partial charge in [-0.3, -0.25) is 4.79 Å². The van der Waals surface area contributed by atoms with Crippen LogP contribution in [-0.4, -0.2) is 43.9 Å². The number of ether oxygens (including phenoxy) is 2. The third-order valence-corrected chi connectivity index (χ3v) is 4.61. The topological polar surface area (TPSA) is 73.6 Å². The maximum absolute atomic E-state index is 12.3. The minimum Gasteiger partial charge on any atom is -0.380 e. The monoisotopic (exact) mass is 300 g/mol. The van der Waals surface area contributed by atoms with Crippen LogP contribution in [0, 0.1) is 11.3 Å². The number of amides is 1. The number of carbonyl (C=O) groups excluding carboxylic acids is 1. The smallest absolute Gasteiger partial charge is 0.240 e. The van der Waals surface area contributed by atoms with Gasteiger partial charge < -0.3 is 20.5 Å². The van der Waals surface area contributed by atoms with Crippen LogP contribution in [0.25, 0.3) is 0 Å². The van der Waals surface area contributed by atoms with Gasteiger partial charge in [-0.1, -0.05) is 27.7 Å². The molecule has 1 rings (SSSR count). The zero-order valence-corrected chi connectivity index (χ0v) is 14.2. The first-order chi connectivity index (χ1) is 9.75. The van der Waals surface area contributed by atoms with E-state index in [-0.39, 0.29) is 17.4 Å². The fourth-order valence-electron chi connectivity index (χ4n) is 2.64. The molecule has 5 heteroatoms. The first-order valence-electron chi connectivity index (χ1n) is 8.02. The van der Waals surface area contributed by atoms with Crippen molar-refractivity contribution >= 4 is 5.91 Å². The molecule has 0 aromatic carbocycles. The van der Waals surface area contributed by atoms with Gasteiger partial charge in [0, 0.05) is 31.6 Å². The summed E-state index contributed by atoms with van der Waals surface area (Å²) in [6, 6.07) is 0. The van der Waals surface area contributed by atoms with Crippen molar-refractivity contribution in [3.8, 4) is 0 Å². The average molecular weight is 300 g/mol. The third-order valence-electron chi connectivity index (χ3n) is 4.61. The predicted molar refractivity (Wildman–Crippen MR) is 84.0 cm³/mol. The van der Waals surface area contributed by atoms with E-state index in [0.717, 1.165) is 13.0 Å². The molecule has 1 amide bonds. The molecule has 2 atom stereocenters. The Morgan fingerprint density at radius 1 is 1.38 bits per heavy atom. The molecular formula is C16H32N2O3. The summed E-state index contributed by atoms with van der Waals surface area (Å²) < 4.78 is 11.1. The van der Waals surface area contributed by atoms with Gasteiger partial charge >= 0.3 is 0 Å². The molecule has 1 fully saturated rings. The maximum Gasteiger partial charge on any atom is 0.240 e. The van der Waals surface area contributed by atoms with Crippen molar-refractivity contribution in [2.45, 2.75) is 59.1 Å². The van der Waals surface area contributed by atoms with E-state index < -0.39 is 5.54 Å². The first kappa shape index (κ1) is 18.4. The Hall–Kier alpha value is -0.650. The molecule has 1 aliphatic rings. The van der Waals surface area contributed by atoms with Gasteiger partial charge in [-0.2, -0.15) is 0 Å². The summed E-state index contributed by atoms with van der Waals surface area (Å²) >= 11 is 0. The van der Waals surface area contributed by atoms with Crippen LogP contribution in [0.4, 0.5) is 0 Å². The summed E-state index contributed by atoms with van der Waals surface area (Å²) in [6.07, 6.45) is 1.67. The van der Waals surface area contributed by atoms with Crippen LogP contribution < -0.4 is 11.1 Å². The highest BCUT2D eigenvalue weighted by Crippen LogP contribution is 2.49. The first-order valence-corrected chi connectivity index (χ1v) is 8.02. The molecule has 0 aromatic rings. The highest BCUT2D eigenvalue weighted by atomic mass is 16.5. The molecular weight excluding hydrogens is 268 g/mol. The zero-order valence-electron chi connectivity index (χ0n) is 14.2. The van der Waals surface area contributed by atoms with Crippen molar-refractivity contribution in [1.82, 2.24) is 5.32 Å². The van der Waals surface area contributed by atoms with E-state index >= 15 is 0 Å². The fraction of sp³-hybridized carbons (Fsp3) is 0.938. The second-order valence-electron chi connectivity index (χ2n) is 6.89. The van der Waals surface area contributed by atoms with Crippen LogP contribution >= 0.6 is 0 Å².